The fraction of sp³-hybridized carbons (Fsp3) is 0.556. The van der Waals surface area contributed by atoms with Gasteiger partial charge in [0.1, 0.15) is 35.4 Å². The lowest BCUT2D eigenvalue weighted by molar-refractivity contribution is 0.0774. The van der Waals surface area contributed by atoms with Crippen LogP contribution in [0.25, 0.3) is 0 Å². The molecule has 24 heavy (non-hydrogen) atoms. The van der Waals surface area contributed by atoms with Crippen LogP contribution in [0, 0.1) is 56.2 Å². The van der Waals surface area contributed by atoms with Crippen molar-refractivity contribution >= 4 is 0 Å². The van der Waals surface area contributed by atoms with E-state index in [9.17, 15) is 0 Å². The molecule has 0 spiro atoms. The third-order valence-electron chi connectivity index (χ3n) is 4.16. The molecular formula is C18H22N6. The van der Waals surface area contributed by atoms with Crippen molar-refractivity contribution in [3.8, 4) is 24.3 Å². The molecule has 0 radical (unpaired) electrons. The summed E-state index contributed by atoms with van der Waals surface area (Å²) in [6.45, 7) is 7.21. The van der Waals surface area contributed by atoms with Gasteiger partial charge in [-0.15, -0.1) is 0 Å². The van der Waals surface area contributed by atoms with Crippen LogP contribution in [-0.2, 0) is 0 Å². The van der Waals surface area contributed by atoms with Gasteiger partial charge in [0.25, 0.3) is 0 Å². The summed E-state index contributed by atoms with van der Waals surface area (Å²) in [4.78, 5) is 0. The molecule has 2 N–H and O–H groups in total. The molecule has 2 atom stereocenters. The van der Waals surface area contributed by atoms with Gasteiger partial charge in [-0.1, -0.05) is 20.8 Å². The van der Waals surface area contributed by atoms with E-state index in [2.05, 4.69) is 31.4 Å². The number of nitrogens with zero attached hydrogens (tertiary/aromatic N) is 4. The first-order valence-corrected chi connectivity index (χ1v) is 7.78. The van der Waals surface area contributed by atoms with E-state index in [1.807, 2.05) is 24.3 Å². The van der Waals surface area contributed by atoms with Gasteiger partial charge in [-0.2, -0.15) is 21.0 Å². The lowest BCUT2D eigenvalue weighted by Crippen LogP contribution is -2.46. The van der Waals surface area contributed by atoms with Gasteiger partial charge in [0.2, 0.25) is 0 Å². The zero-order valence-electron chi connectivity index (χ0n) is 14.3. The fourth-order valence-corrected chi connectivity index (χ4v) is 3.67. The Bertz CT molecular complexity index is 657. The summed E-state index contributed by atoms with van der Waals surface area (Å²) in [5.74, 6) is 0. The lowest BCUT2D eigenvalue weighted by atomic mass is 9.62. The zero-order valence-corrected chi connectivity index (χ0v) is 14.3. The summed E-state index contributed by atoms with van der Waals surface area (Å²) in [6, 6.07) is 7.51. The Kier molecular flexibility index (Phi) is 6.40. The maximum atomic E-state index is 8.83. The molecule has 1 rings (SSSR count). The molecule has 0 bridgehead atoms. The van der Waals surface area contributed by atoms with Crippen molar-refractivity contribution in [2.45, 2.75) is 46.1 Å². The SMILES string of the molecule is CC1(C)CC(NC=C(C#N)C#N)CC(C)(CNC=C(C#N)C#N)C1. The van der Waals surface area contributed by atoms with Crippen LogP contribution < -0.4 is 10.6 Å². The van der Waals surface area contributed by atoms with Crippen LogP contribution in [0.5, 0.6) is 0 Å². The number of rotatable bonds is 5. The summed E-state index contributed by atoms with van der Waals surface area (Å²) in [7, 11) is 0. The van der Waals surface area contributed by atoms with E-state index < -0.39 is 0 Å². The lowest BCUT2D eigenvalue weighted by Gasteiger charge is -2.46. The summed E-state index contributed by atoms with van der Waals surface area (Å²) in [5.41, 5.74) is 0.198. The van der Waals surface area contributed by atoms with Gasteiger partial charge < -0.3 is 10.6 Å². The van der Waals surface area contributed by atoms with Crippen LogP contribution in [0.3, 0.4) is 0 Å². The van der Waals surface area contributed by atoms with Crippen molar-refractivity contribution in [3.05, 3.63) is 23.5 Å². The van der Waals surface area contributed by atoms with E-state index >= 15 is 0 Å². The molecule has 0 aromatic carbocycles. The molecule has 0 aliphatic heterocycles. The highest BCUT2D eigenvalue weighted by molar-refractivity contribution is 5.35. The number of nitriles is 4. The molecule has 1 saturated carbocycles. The molecule has 0 aromatic heterocycles. The normalized spacial score (nSPS) is 24.0. The maximum Gasteiger partial charge on any atom is 0.145 e. The van der Waals surface area contributed by atoms with Crippen LogP contribution in [0.15, 0.2) is 23.5 Å². The van der Waals surface area contributed by atoms with Crippen molar-refractivity contribution in [3.63, 3.8) is 0 Å². The van der Waals surface area contributed by atoms with E-state index in [0.29, 0.717) is 6.54 Å². The highest BCUT2D eigenvalue weighted by Gasteiger charge is 2.40. The Morgan fingerprint density at radius 1 is 0.958 bits per heavy atom. The minimum Gasteiger partial charge on any atom is -0.389 e. The van der Waals surface area contributed by atoms with Gasteiger partial charge in [0.05, 0.1) is 0 Å². The number of hydrogen-bond acceptors (Lipinski definition) is 6. The standard InChI is InChI=1S/C18H22N6/c1-17(2)4-16(24-11-15(8-21)9-22)5-18(3,12-17)13-23-10-14(6-19)7-20/h10-11,16,23-24H,4-5,12-13H2,1-3H3. The van der Waals surface area contributed by atoms with E-state index in [1.165, 1.54) is 12.4 Å². The third kappa shape index (κ3) is 5.68. The second-order valence-corrected chi connectivity index (χ2v) is 7.37. The van der Waals surface area contributed by atoms with E-state index in [-0.39, 0.29) is 28.0 Å². The predicted octanol–water partition coefficient (Wildman–Crippen LogP) is 2.61. The average Bonchev–Trinajstić information content (AvgIpc) is 2.50. The van der Waals surface area contributed by atoms with E-state index in [0.717, 1.165) is 19.3 Å². The number of hydrogen-bond donors (Lipinski definition) is 2. The minimum atomic E-state index is -0.0285. The topological polar surface area (TPSA) is 119 Å². The van der Waals surface area contributed by atoms with Crippen LogP contribution >= 0.6 is 0 Å². The van der Waals surface area contributed by atoms with Gasteiger partial charge in [-0.25, -0.2) is 0 Å². The molecule has 0 heterocycles. The highest BCUT2D eigenvalue weighted by Crippen LogP contribution is 2.45. The van der Waals surface area contributed by atoms with Crippen molar-refractivity contribution in [1.82, 2.24) is 10.6 Å². The predicted molar refractivity (Wildman–Crippen MR) is 89.3 cm³/mol. The molecule has 0 aromatic rings. The molecule has 6 heteroatoms. The Morgan fingerprint density at radius 2 is 1.50 bits per heavy atom. The Hall–Kier alpha value is -2.96. The largest absolute Gasteiger partial charge is 0.389 e. The molecule has 1 aliphatic rings. The minimum absolute atomic E-state index is 0.0285. The smallest absolute Gasteiger partial charge is 0.145 e. The molecule has 0 amide bonds. The van der Waals surface area contributed by atoms with Gasteiger partial charge in [0.15, 0.2) is 0 Å². The van der Waals surface area contributed by atoms with Crippen molar-refractivity contribution in [1.29, 1.82) is 21.0 Å². The average molecular weight is 322 g/mol. The first-order valence-electron chi connectivity index (χ1n) is 7.78. The third-order valence-corrected chi connectivity index (χ3v) is 4.16. The van der Waals surface area contributed by atoms with Crippen molar-refractivity contribution in [2.24, 2.45) is 10.8 Å². The van der Waals surface area contributed by atoms with Gasteiger partial charge >= 0.3 is 0 Å². The Morgan fingerprint density at radius 3 is 2.04 bits per heavy atom. The number of nitrogens with one attached hydrogen (secondary N) is 2. The van der Waals surface area contributed by atoms with Crippen LogP contribution in [0.4, 0.5) is 0 Å². The van der Waals surface area contributed by atoms with E-state index in [1.54, 1.807) is 0 Å². The van der Waals surface area contributed by atoms with E-state index in [4.69, 9.17) is 21.0 Å². The quantitative estimate of drug-likeness (QED) is 0.751. The maximum absolute atomic E-state index is 8.83. The molecular weight excluding hydrogens is 300 g/mol. The summed E-state index contributed by atoms with van der Waals surface area (Å²) >= 11 is 0. The Labute approximate surface area is 143 Å². The van der Waals surface area contributed by atoms with Gasteiger partial charge in [-0.05, 0) is 30.1 Å². The first kappa shape index (κ1) is 19.1. The first-order chi connectivity index (χ1) is 11.3. The van der Waals surface area contributed by atoms with Crippen molar-refractivity contribution < 1.29 is 0 Å². The molecule has 2 unspecified atom stereocenters. The molecule has 1 fully saturated rings. The fourth-order valence-electron chi connectivity index (χ4n) is 3.67. The highest BCUT2D eigenvalue weighted by atomic mass is 14.9. The molecule has 0 saturated heterocycles. The van der Waals surface area contributed by atoms with Gasteiger partial charge in [0, 0.05) is 25.0 Å². The van der Waals surface area contributed by atoms with Crippen LogP contribution in [0.1, 0.15) is 40.0 Å². The van der Waals surface area contributed by atoms with Crippen LogP contribution in [-0.4, -0.2) is 12.6 Å². The zero-order chi connectivity index (χ0) is 18.2. The second-order valence-electron chi connectivity index (χ2n) is 7.37. The summed E-state index contributed by atoms with van der Waals surface area (Å²) < 4.78 is 0. The monoisotopic (exact) mass is 322 g/mol. The molecule has 1 aliphatic carbocycles. The second kappa shape index (κ2) is 8.05. The Balaban J connectivity index is 2.81. The molecule has 6 nitrogen and oxygen atoms in total. The van der Waals surface area contributed by atoms with Crippen molar-refractivity contribution in [2.75, 3.05) is 6.54 Å². The number of allylic oxidation sites excluding steroid dienone is 2. The van der Waals surface area contributed by atoms with Crippen LogP contribution in [0.2, 0.25) is 0 Å². The summed E-state index contributed by atoms with van der Waals surface area (Å²) in [5, 5.41) is 41.5. The van der Waals surface area contributed by atoms with Gasteiger partial charge in [-0.3, -0.25) is 0 Å². The molecule has 124 valence electrons. The summed E-state index contributed by atoms with van der Waals surface area (Å²) in [6.07, 6.45) is 5.76.